The van der Waals surface area contributed by atoms with Crippen molar-refractivity contribution in [1.82, 2.24) is 9.78 Å². The van der Waals surface area contributed by atoms with Crippen LogP contribution in [0, 0.1) is 15.9 Å². The van der Waals surface area contributed by atoms with E-state index in [1.54, 1.807) is 30.3 Å². The van der Waals surface area contributed by atoms with Crippen LogP contribution in [0.2, 0.25) is 0 Å². The first-order valence-electron chi connectivity index (χ1n) is 10.4. The third-order valence-electron chi connectivity index (χ3n) is 5.12. The molecule has 36 heavy (non-hydrogen) atoms. The molecule has 0 saturated heterocycles. The Kier molecular flexibility index (Phi) is 6.72. The zero-order chi connectivity index (χ0) is 25.8. The zero-order valence-corrected chi connectivity index (χ0v) is 19.0. The predicted octanol–water partition coefficient (Wildman–Crippen LogP) is 4.95. The maximum atomic E-state index is 13.2. The van der Waals surface area contributed by atoms with Gasteiger partial charge in [-0.1, -0.05) is 18.2 Å². The molecule has 0 unspecified atom stereocenters. The van der Waals surface area contributed by atoms with E-state index in [1.807, 2.05) is 0 Å². The molecule has 0 aliphatic carbocycles. The number of para-hydroxylation sites is 1. The van der Waals surface area contributed by atoms with Gasteiger partial charge in [0, 0.05) is 11.6 Å². The minimum absolute atomic E-state index is 0.0393. The van der Waals surface area contributed by atoms with E-state index in [-0.39, 0.29) is 34.0 Å². The summed E-state index contributed by atoms with van der Waals surface area (Å²) < 4.78 is 29.7. The summed E-state index contributed by atoms with van der Waals surface area (Å²) in [5.41, 5.74) is -0.327. The van der Waals surface area contributed by atoms with Crippen LogP contribution < -0.4 is 4.74 Å². The third-order valence-corrected chi connectivity index (χ3v) is 5.12. The highest BCUT2D eigenvalue weighted by molar-refractivity contribution is 6.07. The van der Waals surface area contributed by atoms with Crippen LogP contribution in [0.15, 0.2) is 72.8 Å². The first kappa shape index (κ1) is 24.1. The van der Waals surface area contributed by atoms with Crippen molar-refractivity contribution in [3.8, 4) is 28.4 Å². The summed E-state index contributed by atoms with van der Waals surface area (Å²) in [6, 6.07) is 17.4. The summed E-state index contributed by atoms with van der Waals surface area (Å²) in [7, 11) is 2.28. The molecule has 0 saturated carbocycles. The number of nitro groups is 1. The van der Waals surface area contributed by atoms with Gasteiger partial charge >= 0.3 is 17.6 Å². The van der Waals surface area contributed by atoms with E-state index in [9.17, 15) is 24.1 Å². The molecule has 0 bridgehead atoms. The molecule has 0 radical (unpaired) electrons. The SMILES string of the molecule is COC(=O)c1c(-c2ccc(Oc3ccc(F)cc3)c([N+](=O)[O-])c2)nn(-c2ccccc2)c1C(=O)OC. The van der Waals surface area contributed by atoms with Gasteiger partial charge in [-0.15, -0.1) is 0 Å². The van der Waals surface area contributed by atoms with Crippen molar-refractivity contribution in [2.75, 3.05) is 14.2 Å². The lowest BCUT2D eigenvalue weighted by molar-refractivity contribution is -0.385. The summed E-state index contributed by atoms with van der Waals surface area (Å²) in [5, 5.41) is 16.3. The summed E-state index contributed by atoms with van der Waals surface area (Å²) in [6.45, 7) is 0. The number of aromatic nitrogens is 2. The second-order valence-electron chi connectivity index (χ2n) is 7.30. The number of carbonyl (C=O) groups excluding carboxylic acids is 2. The van der Waals surface area contributed by atoms with Crippen LogP contribution in [-0.2, 0) is 9.47 Å². The molecule has 3 aromatic carbocycles. The van der Waals surface area contributed by atoms with Gasteiger partial charge in [0.25, 0.3) is 0 Å². The number of benzene rings is 3. The van der Waals surface area contributed by atoms with Crippen molar-refractivity contribution in [2.24, 2.45) is 0 Å². The Bertz CT molecular complexity index is 1450. The summed E-state index contributed by atoms with van der Waals surface area (Å²) >= 11 is 0. The van der Waals surface area contributed by atoms with Crippen LogP contribution in [0.3, 0.4) is 0 Å². The maximum Gasteiger partial charge on any atom is 0.357 e. The number of methoxy groups -OCH3 is 2. The Balaban J connectivity index is 1.91. The van der Waals surface area contributed by atoms with Gasteiger partial charge in [0.2, 0.25) is 5.75 Å². The van der Waals surface area contributed by atoms with Crippen molar-refractivity contribution in [1.29, 1.82) is 0 Å². The molecule has 4 aromatic rings. The van der Waals surface area contributed by atoms with Gasteiger partial charge in [0.15, 0.2) is 5.69 Å². The van der Waals surface area contributed by atoms with E-state index in [0.717, 1.165) is 32.4 Å². The molecule has 182 valence electrons. The second-order valence-corrected chi connectivity index (χ2v) is 7.30. The normalized spacial score (nSPS) is 10.5. The fourth-order valence-electron chi connectivity index (χ4n) is 3.48. The Hall–Kier alpha value is -5.06. The van der Waals surface area contributed by atoms with Gasteiger partial charge < -0.3 is 14.2 Å². The van der Waals surface area contributed by atoms with Gasteiger partial charge in [-0.3, -0.25) is 10.1 Å². The quantitative estimate of drug-likeness (QED) is 0.202. The fourth-order valence-corrected chi connectivity index (χ4v) is 3.48. The number of nitro benzene ring substituents is 1. The van der Waals surface area contributed by atoms with E-state index in [2.05, 4.69) is 5.10 Å². The van der Waals surface area contributed by atoms with E-state index in [1.165, 1.54) is 28.9 Å². The van der Waals surface area contributed by atoms with Crippen LogP contribution in [0.1, 0.15) is 20.8 Å². The Morgan fingerprint density at radius 3 is 2.22 bits per heavy atom. The first-order chi connectivity index (χ1) is 17.3. The molecular weight excluding hydrogens is 473 g/mol. The van der Waals surface area contributed by atoms with E-state index >= 15 is 0 Å². The van der Waals surface area contributed by atoms with E-state index in [4.69, 9.17) is 14.2 Å². The average molecular weight is 491 g/mol. The predicted molar refractivity (Wildman–Crippen MR) is 125 cm³/mol. The number of ether oxygens (including phenoxy) is 3. The minimum Gasteiger partial charge on any atom is -0.465 e. The highest BCUT2D eigenvalue weighted by Crippen LogP contribution is 2.37. The standard InChI is InChI=1S/C25H18FN3O7/c1-34-24(30)21-22(27-28(23(21)25(31)35-2)17-6-4-3-5-7-17)15-8-13-20(19(14-15)29(32)33)36-18-11-9-16(26)10-12-18/h3-14H,1-2H3. The number of halogens is 1. The zero-order valence-electron chi connectivity index (χ0n) is 19.0. The Labute approximate surface area is 203 Å². The monoisotopic (exact) mass is 491 g/mol. The van der Waals surface area contributed by atoms with Crippen molar-refractivity contribution in [3.63, 3.8) is 0 Å². The molecule has 4 rings (SSSR count). The molecule has 11 heteroatoms. The topological polar surface area (TPSA) is 123 Å². The van der Waals surface area contributed by atoms with Crippen molar-refractivity contribution < 1.29 is 33.1 Å². The molecule has 1 heterocycles. The highest BCUT2D eigenvalue weighted by Gasteiger charge is 2.32. The van der Waals surface area contributed by atoms with E-state index in [0.29, 0.717) is 5.69 Å². The van der Waals surface area contributed by atoms with Crippen LogP contribution in [-0.4, -0.2) is 40.9 Å². The number of nitrogens with zero attached hydrogens (tertiary/aromatic N) is 3. The molecule has 0 atom stereocenters. The van der Waals surface area contributed by atoms with Crippen LogP contribution in [0.5, 0.6) is 11.5 Å². The molecular formula is C25H18FN3O7. The number of hydrogen-bond donors (Lipinski definition) is 0. The van der Waals surface area contributed by atoms with Crippen molar-refractivity contribution in [2.45, 2.75) is 0 Å². The number of carbonyl (C=O) groups is 2. The Morgan fingerprint density at radius 2 is 1.61 bits per heavy atom. The lowest BCUT2D eigenvalue weighted by Gasteiger charge is -2.08. The smallest absolute Gasteiger partial charge is 0.357 e. The molecule has 0 fully saturated rings. The summed E-state index contributed by atoms with van der Waals surface area (Å²) in [6.07, 6.45) is 0. The molecule has 0 aliphatic heterocycles. The second kappa shape index (κ2) is 10.1. The molecule has 0 spiro atoms. The minimum atomic E-state index is -0.887. The lowest BCUT2D eigenvalue weighted by Crippen LogP contribution is -2.15. The molecule has 0 N–H and O–H groups in total. The van der Waals surface area contributed by atoms with Gasteiger partial charge in [0.05, 0.1) is 24.8 Å². The molecule has 10 nitrogen and oxygen atoms in total. The van der Waals surface area contributed by atoms with Crippen LogP contribution >= 0.6 is 0 Å². The van der Waals surface area contributed by atoms with Crippen LogP contribution in [0.4, 0.5) is 10.1 Å². The molecule has 0 amide bonds. The molecule has 0 aliphatic rings. The van der Waals surface area contributed by atoms with Crippen LogP contribution in [0.25, 0.3) is 16.9 Å². The third kappa shape index (κ3) is 4.62. The highest BCUT2D eigenvalue weighted by atomic mass is 19.1. The number of esters is 2. The lowest BCUT2D eigenvalue weighted by atomic mass is 10.0. The maximum absolute atomic E-state index is 13.2. The van der Waals surface area contributed by atoms with Crippen molar-refractivity contribution >= 4 is 17.6 Å². The van der Waals surface area contributed by atoms with Gasteiger partial charge in [-0.05, 0) is 48.5 Å². The van der Waals surface area contributed by atoms with Gasteiger partial charge in [-0.25, -0.2) is 18.7 Å². The number of hydrogen-bond acceptors (Lipinski definition) is 8. The largest absolute Gasteiger partial charge is 0.465 e. The van der Waals surface area contributed by atoms with Gasteiger partial charge in [-0.2, -0.15) is 5.10 Å². The first-order valence-corrected chi connectivity index (χ1v) is 10.4. The summed E-state index contributed by atoms with van der Waals surface area (Å²) in [4.78, 5) is 36.7. The van der Waals surface area contributed by atoms with E-state index < -0.39 is 28.4 Å². The Morgan fingerprint density at radius 1 is 0.944 bits per heavy atom. The van der Waals surface area contributed by atoms with Gasteiger partial charge in [0.1, 0.15) is 22.8 Å². The number of rotatable bonds is 7. The average Bonchev–Trinajstić information content (AvgIpc) is 3.30. The summed E-state index contributed by atoms with van der Waals surface area (Å²) in [5.74, 6) is -2.17. The molecule has 1 aromatic heterocycles. The van der Waals surface area contributed by atoms with Crippen molar-refractivity contribution in [3.05, 3.63) is 100.0 Å². The fraction of sp³-hybridized carbons (Fsp3) is 0.0800.